The summed E-state index contributed by atoms with van der Waals surface area (Å²) in [6.07, 6.45) is 11.0. The maximum atomic E-state index is 14.0. The third kappa shape index (κ3) is 5.20. The van der Waals surface area contributed by atoms with Crippen LogP contribution in [0.1, 0.15) is 62.3 Å². The molecule has 0 unspecified atom stereocenters. The normalized spacial score (nSPS) is 26.1. The zero-order valence-electron chi connectivity index (χ0n) is 27.2. The van der Waals surface area contributed by atoms with Crippen molar-refractivity contribution in [3.63, 3.8) is 0 Å². The summed E-state index contributed by atoms with van der Waals surface area (Å²) in [6.45, 7) is 8.30. The fraction of sp³-hybridized carbons (Fsp3) is 0.474. The fourth-order valence-corrected chi connectivity index (χ4v) is 8.96. The van der Waals surface area contributed by atoms with Gasteiger partial charge in [0.25, 0.3) is 0 Å². The molecular formula is C38H44N2O6. The molecule has 1 amide bonds. The Morgan fingerprint density at radius 2 is 1.98 bits per heavy atom. The number of carbonyl (C=O) groups is 2. The molecule has 242 valence electrons. The van der Waals surface area contributed by atoms with Crippen LogP contribution >= 0.6 is 0 Å². The lowest BCUT2D eigenvalue weighted by atomic mass is 9.50. The average Bonchev–Trinajstić information content (AvgIpc) is 3.69. The number of benzene rings is 2. The quantitative estimate of drug-likeness (QED) is 0.154. The number of piperidine rings is 1. The number of likely N-dealkylation sites (tertiary alicyclic amines) is 1. The van der Waals surface area contributed by atoms with E-state index in [2.05, 4.69) is 49.1 Å². The van der Waals surface area contributed by atoms with E-state index >= 15 is 0 Å². The molecule has 3 heterocycles. The predicted octanol–water partition coefficient (Wildman–Crippen LogP) is 6.06. The summed E-state index contributed by atoms with van der Waals surface area (Å²) in [7, 11) is 1.64. The van der Waals surface area contributed by atoms with Crippen LogP contribution in [0.4, 0.5) is 0 Å². The van der Waals surface area contributed by atoms with Gasteiger partial charge in [-0.25, -0.2) is 0 Å². The summed E-state index contributed by atoms with van der Waals surface area (Å²) in [5.74, 6) is 2.18. The number of nitrogens with zero attached hydrogens (tertiary/aromatic N) is 2. The molecule has 8 heteroatoms. The summed E-state index contributed by atoms with van der Waals surface area (Å²) in [5.41, 5.74) is 4.08. The number of rotatable bonds is 10. The highest BCUT2D eigenvalue weighted by atomic mass is 16.5. The minimum atomic E-state index is -0.348. The second-order valence-corrected chi connectivity index (χ2v) is 13.8. The first-order valence-corrected chi connectivity index (χ1v) is 16.7. The molecule has 7 rings (SSSR count). The van der Waals surface area contributed by atoms with Gasteiger partial charge in [0.15, 0.2) is 11.5 Å². The van der Waals surface area contributed by atoms with Gasteiger partial charge >= 0.3 is 5.97 Å². The molecule has 1 saturated heterocycles. The summed E-state index contributed by atoms with van der Waals surface area (Å²) in [6, 6.07) is 14.5. The highest BCUT2D eigenvalue weighted by molar-refractivity contribution is 5.92. The summed E-state index contributed by atoms with van der Waals surface area (Å²) >= 11 is 0. The Kier molecular flexibility index (Phi) is 8.17. The number of carbonyl (C=O) groups excluding carboxylic acids is 2. The number of hydrogen-bond acceptors (Lipinski definition) is 7. The van der Waals surface area contributed by atoms with Crippen molar-refractivity contribution < 1.29 is 28.2 Å². The van der Waals surface area contributed by atoms with Gasteiger partial charge in [-0.05, 0) is 68.2 Å². The molecule has 0 N–H and O–H groups in total. The van der Waals surface area contributed by atoms with E-state index in [0.29, 0.717) is 24.0 Å². The molecule has 8 nitrogen and oxygen atoms in total. The minimum Gasteiger partial charge on any atom is -0.493 e. The van der Waals surface area contributed by atoms with Crippen molar-refractivity contribution in [1.29, 1.82) is 0 Å². The van der Waals surface area contributed by atoms with Crippen LogP contribution in [0.3, 0.4) is 0 Å². The van der Waals surface area contributed by atoms with Crippen molar-refractivity contribution in [3.05, 3.63) is 83.3 Å². The van der Waals surface area contributed by atoms with E-state index in [-0.39, 0.29) is 41.4 Å². The molecule has 5 atom stereocenters. The lowest BCUT2D eigenvalue weighted by Crippen LogP contribution is -2.69. The Morgan fingerprint density at radius 1 is 1.15 bits per heavy atom. The molecular weight excluding hydrogens is 580 g/mol. The van der Waals surface area contributed by atoms with E-state index in [0.717, 1.165) is 67.6 Å². The average molecular weight is 625 g/mol. The largest absolute Gasteiger partial charge is 0.493 e. The van der Waals surface area contributed by atoms with E-state index in [1.54, 1.807) is 25.7 Å². The van der Waals surface area contributed by atoms with Crippen molar-refractivity contribution >= 4 is 18.0 Å². The van der Waals surface area contributed by atoms with E-state index in [1.807, 2.05) is 23.1 Å². The van der Waals surface area contributed by atoms with Crippen LogP contribution < -0.4 is 14.2 Å². The lowest BCUT2D eigenvalue weighted by Gasteiger charge is -2.60. The maximum Gasteiger partial charge on any atom is 0.308 e. The highest BCUT2D eigenvalue weighted by Gasteiger charge is 2.67. The smallest absolute Gasteiger partial charge is 0.308 e. The molecule has 4 aliphatic rings. The summed E-state index contributed by atoms with van der Waals surface area (Å²) < 4.78 is 24.1. The number of methoxy groups -OCH3 is 1. The van der Waals surface area contributed by atoms with Gasteiger partial charge in [0.2, 0.25) is 5.91 Å². The van der Waals surface area contributed by atoms with Crippen LogP contribution in [0.25, 0.3) is 6.08 Å². The first-order valence-electron chi connectivity index (χ1n) is 16.7. The monoisotopic (exact) mass is 624 g/mol. The van der Waals surface area contributed by atoms with Gasteiger partial charge in [0, 0.05) is 60.3 Å². The van der Waals surface area contributed by atoms with Crippen molar-refractivity contribution in [2.75, 3.05) is 26.7 Å². The van der Waals surface area contributed by atoms with Gasteiger partial charge in [0.1, 0.15) is 11.9 Å². The number of furan rings is 1. The number of amides is 1. The Bertz CT molecular complexity index is 1620. The van der Waals surface area contributed by atoms with Crippen molar-refractivity contribution in [2.45, 2.75) is 76.5 Å². The van der Waals surface area contributed by atoms with Crippen LogP contribution in [0.15, 0.2) is 65.5 Å². The Morgan fingerprint density at radius 3 is 2.70 bits per heavy atom. The molecule has 0 radical (unpaired) electrons. The zero-order chi connectivity index (χ0) is 32.0. The second-order valence-electron chi connectivity index (χ2n) is 13.8. The topological polar surface area (TPSA) is 81.5 Å². The van der Waals surface area contributed by atoms with E-state index in [9.17, 15) is 9.59 Å². The van der Waals surface area contributed by atoms with E-state index < -0.39 is 0 Å². The highest BCUT2D eigenvalue weighted by Crippen LogP contribution is 2.65. The van der Waals surface area contributed by atoms with Crippen LogP contribution in [-0.4, -0.2) is 66.6 Å². The molecule has 2 bridgehead atoms. The van der Waals surface area contributed by atoms with Crippen molar-refractivity contribution in [3.8, 4) is 17.2 Å². The Hall–Kier alpha value is -4.04. The Labute approximate surface area is 271 Å². The molecule has 2 aliphatic carbocycles. The third-order valence-corrected chi connectivity index (χ3v) is 10.7. The molecule has 1 saturated carbocycles. The van der Waals surface area contributed by atoms with Crippen molar-refractivity contribution in [2.24, 2.45) is 11.8 Å². The number of hydrogen-bond donors (Lipinski definition) is 0. The van der Waals surface area contributed by atoms with E-state index in [1.165, 1.54) is 12.5 Å². The van der Waals surface area contributed by atoms with Gasteiger partial charge in [-0.1, -0.05) is 44.2 Å². The number of ether oxygens (including phenoxy) is 3. The van der Waals surface area contributed by atoms with Gasteiger partial charge in [0.05, 0.1) is 25.7 Å². The summed E-state index contributed by atoms with van der Waals surface area (Å²) in [4.78, 5) is 31.1. The fourth-order valence-electron chi connectivity index (χ4n) is 8.96. The van der Waals surface area contributed by atoms with Crippen LogP contribution in [0.2, 0.25) is 0 Å². The summed E-state index contributed by atoms with van der Waals surface area (Å²) in [5, 5.41) is 0. The Balaban J connectivity index is 1.30. The standard InChI is InChI=1S/C38H44N2O6/c1-24(2)22-40(34(42)13-10-27-15-19-44-23-27)30-12-11-29-31-20-28-32(45-25(3)41)21-33(43-4)36-35(28)38(29,37(30)46-36)16-18-39(31)17-14-26-8-6-5-7-9-26/h5-10,13,15,19,21,23-24,29-31,37H,11-12,14,16-18,20,22H2,1-4H3/b13-10+/t29-,30-,31+,37-,38-/m0/s1. The molecule has 46 heavy (non-hydrogen) atoms. The molecule has 1 aromatic heterocycles. The molecule has 2 aromatic carbocycles. The minimum absolute atomic E-state index is 0.0187. The van der Waals surface area contributed by atoms with Crippen LogP contribution in [0, 0.1) is 11.8 Å². The van der Waals surface area contributed by atoms with Crippen LogP contribution in [-0.2, 0) is 27.8 Å². The van der Waals surface area contributed by atoms with Gasteiger partial charge in [-0.2, -0.15) is 0 Å². The van der Waals surface area contributed by atoms with Gasteiger partial charge in [-0.3, -0.25) is 14.5 Å². The molecule has 2 aliphatic heterocycles. The number of esters is 1. The predicted molar refractivity (Wildman–Crippen MR) is 175 cm³/mol. The zero-order valence-corrected chi connectivity index (χ0v) is 27.2. The van der Waals surface area contributed by atoms with Crippen LogP contribution in [0.5, 0.6) is 17.2 Å². The van der Waals surface area contributed by atoms with E-state index in [4.69, 9.17) is 18.6 Å². The molecule has 2 fully saturated rings. The third-order valence-electron chi connectivity index (χ3n) is 10.7. The first-order chi connectivity index (χ1) is 22.3. The first kappa shape index (κ1) is 30.6. The maximum absolute atomic E-state index is 14.0. The van der Waals surface area contributed by atoms with Gasteiger partial charge in [-0.15, -0.1) is 0 Å². The molecule has 1 spiro atoms. The SMILES string of the molecule is COc1cc(OC(C)=O)c2c3c1O[C@H]1[C@@H](N(CC(C)C)C(=O)/C=C/c4ccoc4)CC[C@H]4[C@@H](C2)N(CCc2ccccc2)CC[C@@]341. The molecule has 3 aromatic rings. The van der Waals surface area contributed by atoms with Crippen molar-refractivity contribution in [1.82, 2.24) is 9.80 Å². The second kappa shape index (κ2) is 12.3. The lowest BCUT2D eigenvalue weighted by molar-refractivity contribution is -0.138. The van der Waals surface area contributed by atoms with Gasteiger partial charge < -0.3 is 23.5 Å².